The summed E-state index contributed by atoms with van der Waals surface area (Å²) in [5, 5.41) is 0. The topological polar surface area (TPSA) is 69.7 Å². The number of esters is 2. The van der Waals surface area contributed by atoms with Crippen molar-refractivity contribution in [2.45, 2.75) is 33.3 Å². The average molecular weight is 228 g/mol. The highest BCUT2D eigenvalue weighted by atomic mass is 16.6. The number of carbonyl (C=O) groups is 3. The van der Waals surface area contributed by atoms with E-state index in [2.05, 4.69) is 0 Å². The molecule has 0 spiro atoms. The summed E-state index contributed by atoms with van der Waals surface area (Å²) in [5.41, 5.74) is 0. The molecule has 0 aliphatic carbocycles. The SMILES string of the molecule is CCOC(=O)[C@@H]1C(=O)C(=O)O[C@H]1CC(C)C. The monoisotopic (exact) mass is 228 g/mol. The fraction of sp³-hybridized carbons (Fsp3) is 0.727. The molecule has 5 heteroatoms. The Kier molecular flexibility index (Phi) is 4.04. The van der Waals surface area contributed by atoms with Gasteiger partial charge in [0.2, 0.25) is 0 Å². The van der Waals surface area contributed by atoms with Gasteiger partial charge in [-0.3, -0.25) is 9.59 Å². The molecule has 0 aromatic rings. The second-order valence-corrected chi connectivity index (χ2v) is 4.17. The third kappa shape index (κ3) is 2.59. The predicted molar refractivity (Wildman–Crippen MR) is 54.5 cm³/mol. The third-order valence-electron chi connectivity index (χ3n) is 2.36. The van der Waals surface area contributed by atoms with Crippen LogP contribution in [0.2, 0.25) is 0 Å². The molecule has 16 heavy (non-hydrogen) atoms. The van der Waals surface area contributed by atoms with Crippen LogP contribution in [-0.2, 0) is 23.9 Å². The van der Waals surface area contributed by atoms with Crippen LogP contribution in [0.5, 0.6) is 0 Å². The second kappa shape index (κ2) is 5.09. The van der Waals surface area contributed by atoms with Crippen molar-refractivity contribution < 1.29 is 23.9 Å². The summed E-state index contributed by atoms with van der Waals surface area (Å²) in [7, 11) is 0. The molecule has 1 saturated heterocycles. The van der Waals surface area contributed by atoms with Crippen LogP contribution in [0, 0.1) is 11.8 Å². The predicted octanol–water partition coefficient (Wildman–Crippen LogP) is 0.706. The highest BCUT2D eigenvalue weighted by molar-refractivity contribution is 6.40. The van der Waals surface area contributed by atoms with Gasteiger partial charge in [0.05, 0.1) is 6.61 Å². The van der Waals surface area contributed by atoms with Gasteiger partial charge in [-0.2, -0.15) is 0 Å². The standard InChI is InChI=1S/C11H16O5/c1-4-15-10(13)8-7(5-6(2)3)16-11(14)9(8)12/h6-8H,4-5H2,1-3H3/t7-,8-/m0/s1. The summed E-state index contributed by atoms with van der Waals surface area (Å²) in [6, 6.07) is 0. The first-order valence-corrected chi connectivity index (χ1v) is 5.38. The van der Waals surface area contributed by atoms with E-state index in [-0.39, 0.29) is 12.5 Å². The number of ketones is 1. The summed E-state index contributed by atoms with van der Waals surface area (Å²) in [6.45, 7) is 5.69. The molecule has 0 saturated carbocycles. The van der Waals surface area contributed by atoms with Gasteiger partial charge in [-0.1, -0.05) is 13.8 Å². The zero-order valence-corrected chi connectivity index (χ0v) is 9.69. The molecular formula is C11H16O5. The number of ether oxygens (including phenoxy) is 2. The molecule has 1 fully saturated rings. The molecule has 0 aromatic carbocycles. The molecule has 5 nitrogen and oxygen atoms in total. The van der Waals surface area contributed by atoms with Crippen molar-refractivity contribution in [1.82, 2.24) is 0 Å². The van der Waals surface area contributed by atoms with Gasteiger partial charge in [0.15, 0.2) is 5.92 Å². The van der Waals surface area contributed by atoms with Crippen molar-refractivity contribution in [3.63, 3.8) is 0 Å². The average Bonchev–Trinajstić information content (AvgIpc) is 2.41. The molecule has 0 unspecified atom stereocenters. The molecule has 0 N–H and O–H groups in total. The summed E-state index contributed by atoms with van der Waals surface area (Å²) < 4.78 is 9.64. The van der Waals surface area contributed by atoms with Gasteiger partial charge in [-0.05, 0) is 19.3 Å². The zero-order valence-electron chi connectivity index (χ0n) is 9.69. The highest BCUT2D eigenvalue weighted by Crippen LogP contribution is 2.25. The number of carbonyl (C=O) groups excluding carboxylic acids is 3. The summed E-state index contributed by atoms with van der Waals surface area (Å²) >= 11 is 0. The van der Waals surface area contributed by atoms with Gasteiger partial charge in [-0.25, -0.2) is 4.79 Å². The Bertz CT molecular complexity index is 307. The van der Waals surface area contributed by atoms with Crippen LogP contribution in [-0.4, -0.2) is 30.4 Å². The normalized spacial score (nSPS) is 24.8. The molecule has 90 valence electrons. The molecule has 0 radical (unpaired) electrons. The lowest BCUT2D eigenvalue weighted by molar-refractivity contribution is -0.152. The smallest absolute Gasteiger partial charge is 0.376 e. The van der Waals surface area contributed by atoms with Crippen molar-refractivity contribution in [2.75, 3.05) is 6.61 Å². The molecular weight excluding hydrogens is 212 g/mol. The minimum atomic E-state index is -1.07. The van der Waals surface area contributed by atoms with Crippen molar-refractivity contribution in [3.8, 4) is 0 Å². The van der Waals surface area contributed by atoms with E-state index in [4.69, 9.17) is 9.47 Å². The van der Waals surface area contributed by atoms with Gasteiger partial charge in [-0.15, -0.1) is 0 Å². The van der Waals surface area contributed by atoms with Crippen molar-refractivity contribution in [2.24, 2.45) is 11.8 Å². The lowest BCUT2D eigenvalue weighted by Crippen LogP contribution is -2.32. The number of rotatable bonds is 4. The van der Waals surface area contributed by atoms with Gasteiger partial charge in [0.25, 0.3) is 5.78 Å². The molecule has 1 aliphatic rings. The van der Waals surface area contributed by atoms with E-state index in [0.717, 1.165) is 0 Å². The number of hydrogen-bond acceptors (Lipinski definition) is 5. The Hall–Kier alpha value is -1.39. The van der Waals surface area contributed by atoms with E-state index in [1.165, 1.54) is 0 Å². The number of hydrogen-bond donors (Lipinski definition) is 0. The van der Waals surface area contributed by atoms with Gasteiger partial charge < -0.3 is 9.47 Å². The minimum Gasteiger partial charge on any atom is -0.465 e. The summed E-state index contributed by atoms with van der Waals surface area (Å²) in [6.07, 6.45) is -0.180. The van der Waals surface area contributed by atoms with Crippen LogP contribution in [0.15, 0.2) is 0 Å². The van der Waals surface area contributed by atoms with E-state index in [0.29, 0.717) is 6.42 Å². The van der Waals surface area contributed by atoms with Crippen LogP contribution >= 0.6 is 0 Å². The van der Waals surface area contributed by atoms with Crippen LogP contribution in [0.1, 0.15) is 27.2 Å². The van der Waals surface area contributed by atoms with E-state index in [1.54, 1.807) is 6.92 Å². The highest BCUT2D eigenvalue weighted by Gasteiger charge is 2.48. The van der Waals surface area contributed by atoms with Gasteiger partial charge in [0, 0.05) is 0 Å². The molecule has 0 amide bonds. The lowest BCUT2D eigenvalue weighted by atomic mass is 9.93. The van der Waals surface area contributed by atoms with Crippen LogP contribution in [0.25, 0.3) is 0 Å². The fourth-order valence-corrected chi connectivity index (χ4v) is 1.70. The maximum Gasteiger partial charge on any atom is 0.376 e. The van der Waals surface area contributed by atoms with E-state index in [1.807, 2.05) is 13.8 Å². The van der Waals surface area contributed by atoms with Crippen LogP contribution in [0.3, 0.4) is 0 Å². The summed E-state index contributed by atoms with van der Waals surface area (Å²) in [5.74, 6) is -3.22. The van der Waals surface area contributed by atoms with Gasteiger partial charge >= 0.3 is 11.9 Å². The van der Waals surface area contributed by atoms with E-state index in [9.17, 15) is 14.4 Å². The zero-order chi connectivity index (χ0) is 12.3. The van der Waals surface area contributed by atoms with Gasteiger partial charge in [0.1, 0.15) is 6.10 Å². The number of Topliss-reactive ketones (excluding diaryl/α,β-unsaturated/α-hetero) is 1. The Balaban J connectivity index is 2.79. The first-order chi connectivity index (χ1) is 7.47. The van der Waals surface area contributed by atoms with Crippen molar-refractivity contribution >= 4 is 17.7 Å². The Morgan fingerprint density at radius 1 is 1.44 bits per heavy atom. The van der Waals surface area contributed by atoms with Crippen molar-refractivity contribution in [1.29, 1.82) is 0 Å². The largest absolute Gasteiger partial charge is 0.465 e. The second-order valence-electron chi connectivity index (χ2n) is 4.17. The molecule has 1 aliphatic heterocycles. The Morgan fingerprint density at radius 3 is 2.56 bits per heavy atom. The molecule has 1 heterocycles. The lowest BCUT2D eigenvalue weighted by Gasteiger charge is -2.16. The van der Waals surface area contributed by atoms with Crippen LogP contribution < -0.4 is 0 Å². The molecule has 0 aromatic heterocycles. The molecule has 1 rings (SSSR count). The number of cyclic esters (lactones) is 1. The molecule has 0 bridgehead atoms. The minimum absolute atomic E-state index is 0.186. The molecule has 2 atom stereocenters. The Morgan fingerprint density at radius 2 is 2.06 bits per heavy atom. The quantitative estimate of drug-likeness (QED) is 0.402. The van der Waals surface area contributed by atoms with Crippen molar-refractivity contribution in [3.05, 3.63) is 0 Å². The first-order valence-electron chi connectivity index (χ1n) is 5.38. The van der Waals surface area contributed by atoms with E-state index < -0.39 is 29.7 Å². The Labute approximate surface area is 94.1 Å². The maximum atomic E-state index is 11.5. The maximum absolute atomic E-state index is 11.5. The first kappa shape index (κ1) is 12.7. The summed E-state index contributed by atoms with van der Waals surface area (Å²) in [4.78, 5) is 34.1. The van der Waals surface area contributed by atoms with E-state index >= 15 is 0 Å². The third-order valence-corrected chi connectivity index (χ3v) is 2.36. The fourth-order valence-electron chi connectivity index (χ4n) is 1.70. The van der Waals surface area contributed by atoms with Crippen LogP contribution in [0.4, 0.5) is 0 Å².